The number of rotatable bonds is 4. The fraction of sp³-hybridized carbons (Fsp3) is 0. The van der Waals surface area contributed by atoms with Crippen LogP contribution < -0.4 is 16.5 Å². The average Bonchev–Trinajstić information content (AvgIpc) is 2.41. The zero-order valence-electron chi connectivity index (χ0n) is 9.95. The van der Waals surface area contributed by atoms with Gasteiger partial charge in [0, 0.05) is 17.4 Å². The Labute approximate surface area is 110 Å². The summed E-state index contributed by atoms with van der Waals surface area (Å²) in [6.07, 6.45) is 2.22. The van der Waals surface area contributed by atoms with Crippen LogP contribution in [-0.2, 0) is 0 Å². The predicted octanol–water partition coefficient (Wildman–Crippen LogP) is -0.100. The molecule has 0 saturated carbocycles. The molecule has 1 heterocycles. The quantitative estimate of drug-likeness (QED) is 0.450. The van der Waals surface area contributed by atoms with E-state index in [1.54, 1.807) is 18.3 Å². The van der Waals surface area contributed by atoms with Crippen LogP contribution in [0.2, 0.25) is 0 Å². The van der Waals surface area contributed by atoms with E-state index in [0.29, 0.717) is 29.0 Å². The number of aromatic nitrogens is 1. The predicted molar refractivity (Wildman–Crippen MR) is 73.6 cm³/mol. The number of hydrogen-bond donors (Lipinski definition) is 4. The molecular formula is C12H12BN3O3. The van der Waals surface area contributed by atoms with Crippen LogP contribution in [-0.4, -0.2) is 28.4 Å². The molecule has 5 N–H and O–H groups in total. The van der Waals surface area contributed by atoms with Gasteiger partial charge in [-0.3, -0.25) is 4.79 Å². The Kier molecular flexibility index (Phi) is 3.79. The van der Waals surface area contributed by atoms with E-state index in [0.717, 1.165) is 0 Å². The number of pyridine rings is 1. The molecular weight excluding hydrogens is 245 g/mol. The molecule has 7 heteroatoms. The van der Waals surface area contributed by atoms with Gasteiger partial charge in [0.2, 0.25) is 0 Å². The molecule has 0 aliphatic rings. The van der Waals surface area contributed by atoms with Crippen molar-refractivity contribution in [3.63, 3.8) is 0 Å². The molecule has 0 saturated heterocycles. The van der Waals surface area contributed by atoms with Gasteiger partial charge in [-0.15, -0.1) is 0 Å². The number of nitrogen functional groups attached to an aromatic ring is 1. The molecule has 2 aromatic rings. The van der Waals surface area contributed by atoms with E-state index in [-0.39, 0.29) is 5.46 Å². The minimum absolute atomic E-state index is 0.266. The second-order valence-corrected chi connectivity index (χ2v) is 3.90. The van der Waals surface area contributed by atoms with Gasteiger partial charge in [-0.25, -0.2) is 4.98 Å². The Bertz CT molecular complexity index is 605. The van der Waals surface area contributed by atoms with Gasteiger partial charge in [-0.2, -0.15) is 0 Å². The van der Waals surface area contributed by atoms with Crippen LogP contribution in [0.4, 0.5) is 17.2 Å². The first kappa shape index (κ1) is 13.1. The molecule has 0 aliphatic heterocycles. The van der Waals surface area contributed by atoms with E-state index in [4.69, 9.17) is 15.8 Å². The summed E-state index contributed by atoms with van der Waals surface area (Å²) in [7, 11) is -1.61. The molecule has 0 amide bonds. The number of aldehydes is 1. The van der Waals surface area contributed by atoms with Gasteiger partial charge in [-0.1, -0.05) is 6.07 Å². The summed E-state index contributed by atoms with van der Waals surface area (Å²) >= 11 is 0. The standard InChI is InChI=1S/C12H12BN3O3/c14-10-2-1-5-15-12(10)16-11-6-9(13(18)19)4-3-8(11)7-17/h1-7,18-19H,14H2,(H,15,16). The van der Waals surface area contributed by atoms with E-state index in [2.05, 4.69) is 10.3 Å². The number of nitrogens with zero attached hydrogens (tertiary/aromatic N) is 1. The van der Waals surface area contributed by atoms with Crippen molar-refractivity contribution in [3.8, 4) is 0 Å². The lowest BCUT2D eigenvalue weighted by Gasteiger charge is -2.11. The highest BCUT2D eigenvalue weighted by Crippen LogP contribution is 2.21. The van der Waals surface area contributed by atoms with Crippen molar-refractivity contribution in [3.05, 3.63) is 42.1 Å². The molecule has 0 aliphatic carbocycles. The second kappa shape index (κ2) is 5.51. The maximum atomic E-state index is 11.0. The van der Waals surface area contributed by atoms with Gasteiger partial charge in [0.05, 0.1) is 5.69 Å². The smallest absolute Gasteiger partial charge is 0.423 e. The zero-order chi connectivity index (χ0) is 13.8. The minimum Gasteiger partial charge on any atom is -0.423 e. The Morgan fingerprint density at radius 1 is 1.32 bits per heavy atom. The van der Waals surface area contributed by atoms with Gasteiger partial charge in [-0.05, 0) is 29.7 Å². The van der Waals surface area contributed by atoms with Crippen molar-refractivity contribution >= 4 is 36.1 Å². The fourth-order valence-electron chi connectivity index (χ4n) is 1.60. The van der Waals surface area contributed by atoms with Crippen LogP contribution in [0, 0.1) is 0 Å². The van der Waals surface area contributed by atoms with Crippen LogP contribution in [0.15, 0.2) is 36.5 Å². The topological polar surface area (TPSA) is 108 Å². The largest absolute Gasteiger partial charge is 0.488 e. The Balaban J connectivity index is 2.40. The van der Waals surface area contributed by atoms with Gasteiger partial charge < -0.3 is 21.1 Å². The van der Waals surface area contributed by atoms with Gasteiger partial charge in [0.1, 0.15) is 0 Å². The van der Waals surface area contributed by atoms with E-state index in [1.807, 2.05) is 0 Å². The molecule has 0 spiro atoms. The van der Waals surface area contributed by atoms with Gasteiger partial charge in [0.15, 0.2) is 12.1 Å². The number of nitrogens with two attached hydrogens (primary N) is 1. The van der Waals surface area contributed by atoms with Crippen LogP contribution in [0.3, 0.4) is 0 Å². The monoisotopic (exact) mass is 257 g/mol. The Hall–Kier alpha value is -2.38. The number of nitrogens with one attached hydrogen (secondary N) is 1. The lowest BCUT2D eigenvalue weighted by Crippen LogP contribution is -2.30. The van der Waals surface area contributed by atoms with Crippen LogP contribution in [0.1, 0.15) is 10.4 Å². The maximum Gasteiger partial charge on any atom is 0.488 e. The van der Waals surface area contributed by atoms with Crippen LogP contribution in [0.5, 0.6) is 0 Å². The molecule has 1 aromatic carbocycles. The van der Waals surface area contributed by atoms with Crippen molar-refractivity contribution in [2.45, 2.75) is 0 Å². The van der Waals surface area contributed by atoms with Crippen molar-refractivity contribution in [1.82, 2.24) is 4.98 Å². The summed E-state index contributed by atoms with van der Waals surface area (Å²) in [5.41, 5.74) is 7.22. The number of hydrogen-bond acceptors (Lipinski definition) is 6. The van der Waals surface area contributed by atoms with Crippen molar-refractivity contribution in [1.29, 1.82) is 0 Å². The van der Waals surface area contributed by atoms with E-state index < -0.39 is 7.12 Å². The zero-order valence-corrected chi connectivity index (χ0v) is 9.95. The number of carbonyl (C=O) groups is 1. The second-order valence-electron chi connectivity index (χ2n) is 3.90. The molecule has 6 nitrogen and oxygen atoms in total. The molecule has 1 aromatic heterocycles. The van der Waals surface area contributed by atoms with E-state index >= 15 is 0 Å². The third-order valence-corrected chi connectivity index (χ3v) is 2.59. The highest BCUT2D eigenvalue weighted by Gasteiger charge is 2.14. The third kappa shape index (κ3) is 2.90. The summed E-state index contributed by atoms with van der Waals surface area (Å²) in [5.74, 6) is 0.398. The summed E-state index contributed by atoms with van der Waals surface area (Å²) in [6, 6.07) is 7.77. The highest BCUT2D eigenvalue weighted by molar-refractivity contribution is 6.58. The summed E-state index contributed by atoms with van der Waals surface area (Å²) in [4.78, 5) is 15.0. The third-order valence-electron chi connectivity index (χ3n) is 2.59. The first-order valence-corrected chi connectivity index (χ1v) is 5.54. The van der Waals surface area contributed by atoms with Crippen molar-refractivity contribution in [2.75, 3.05) is 11.1 Å². The van der Waals surface area contributed by atoms with Crippen molar-refractivity contribution < 1.29 is 14.8 Å². The Morgan fingerprint density at radius 2 is 2.11 bits per heavy atom. The molecule has 19 heavy (non-hydrogen) atoms. The lowest BCUT2D eigenvalue weighted by atomic mass is 9.79. The SMILES string of the molecule is Nc1cccnc1Nc1cc(B(O)O)ccc1C=O. The number of carbonyl (C=O) groups excluding carboxylic acids is 1. The van der Waals surface area contributed by atoms with Gasteiger partial charge in [0.25, 0.3) is 0 Å². The molecule has 0 unspecified atom stereocenters. The molecule has 96 valence electrons. The normalized spacial score (nSPS) is 10.0. The number of anilines is 3. The first-order chi connectivity index (χ1) is 9.11. The van der Waals surface area contributed by atoms with Crippen molar-refractivity contribution in [2.24, 2.45) is 0 Å². The van der Waals surface area contributed by atoms with Gasteiger partial charge >= 0.3 is 7.12 Å². The lowest BCUT2D eigenvalue weighted by molar-refractivity contribution is 0.112. The van der Waals surface area contributed by atoms with Crippen LogP contribution in [0.25, 0.3) is 0 Å². The highest BCUT2D eigenvalue weighted by atomic mass is 16.4. The molecule has 0 fully saturated rings. The molecule has 0 bridgehead atoms. The molecule has 2 rings (SSSR count). The fourth-order valence-corrected chi connectivity index (χ4v) is 1.60. The first-order valence-electron chi connectivity index (χ1n) is 5.54. The molecule has 0 atom stereocenters. The van der Waals surface area contributed by atoms with E-state index in [1.165, 1.54) is 18.2 Å². The summed E-state index contributed by atoms with van der Waals surface area (Å²) < 4.78 is 0. The minimum atomic E-state index is -1.61. The maximum absolute atomic E-state index is 11.0. The molecule has 0 radical (unpaired) electrons. The Morgan fingerprint density at radius 3 is 2.74 bits per heavy atom. The number of benzene rings is 1. The van der Waals surface area contributed by atoms with Crippen LogP contribution >= 0.6 is 0 Å². The average molecular weight is 257 g/mol. The summed E-state index contributed by atoms with van der Waals surface area (Å²) in [6.45, 7) is 0. The van der Waals surface area contributed by atoms with E-state index in [9.17, 15) is 4.79 Å². The summed E-state index contributed by atoms with van der Waals surface area (Å²) in [5, 5.41) is 21.2.